The van der Waals surface area contributed by atoms with E-state index in [4.69, 9.17) is 5.73 Å². The van der Waals surface area contributed by atoms with Crippen LogP contribution >= 0.6 is 0 Å². The molecule has 0 radical (unpaired) electrons. The summed E-state index contributed by atoms with van der Waals surface area (Å²) < 4.78 is 0. The maximum atomic E-state index is 5.88. The van der Waals surface area contributed by atoms with Crippen LogP contribution in [0.2, 0.25) is 0 Å². The Kier molecular flexibility index (Phi) is 4.74. The van der Waals surface area contributed by atoms with Crippen molar-refractivity contribution in [3.05, 3.63) is 59.4 Å². The number of aryl methyl sites for hydroxylation is 1. The molecule has 0 saturated carbocycles. The molecule has 2 N–H and O–H groups in total. The highest BCUT2D eigenvalue weighted by Gasteiger charge is 2.15. The van der Waals surface area contributed by atoms with Crippen LogP contribution in [-0.2, 0) is 6.54 Å². The summed E-state index contributed by atoms with van der Waals surface area (Å²) in [7, 11) is 0. The zero-order valence-corrected chi connectivity index (χ0v) is 12.5. The van der Waals surface area contributed by atoms with Gasteiger partial charge in [0.05, 0.1) is 5.69 Å². The molecule has 1 aromatic carbocycles. The van der Waals surface area contributed by atoms with Crippen LogP contribution in [0.5, 0.6) is 0 Å². The van der Waals surface area contributed by atoms with Gasteiger partial charge in [-0.3, -0.25) is 9.88 Å². The van der Waals surface area contributed by atoms with Crippen LogP contribution in [0.25, 0.3) is 0 Å². The van der Waals surface area contributed by atoms with Gasteiger partial charge in [0.1, 0.15) is 0 Å². The average Bonchev–Trinajstić information content (AvgIpc) is 2.44. The Hall–Kier alpha value is -1.87. The summed E-state index contributed by atoms with van der Waals surface area (Å²) in [4.78, 5) is 6.99. The Morgan fingerprint density at radius 2 is 1.95 bits per heavy atom. The summed E-state index contributed by atoms with van der Waals surface area (Å²) in [6.07, 6.45) is 0. The molecule has 1 aromatic heterocycles. The lowest BCUT2D eigenvalue weighted by molar-refractivity contribution is 0.210. The van der Waals surface area contributed by atoms with Gasteiger partial charge in [0.2, 0.25) is 0 Å². The van der Waals surface area contributed by atoms with Crippen molar-refractivity contribution in [2.45, 2.75) is 33.4 Å². The minimum atomic E-state index is 0.325. The monoisotopic (exact) mass is 269 g/mol. The molecule has 0 saturated heterocycles. The highest BCUT2D eigenvalue weighted by molar-refractivity contribution is 5.41. The molecule has 0 bridgehead atoms. The van der Waals surface area contributed by atoms with Crippen molar-refractivity contribution in [3.63, 3.8) is 0 Å². The lowest BCUT2D eigenvalue weighted by Crippen LogP contribution is -2.27. The third-order valence-corrected chi connectivity index (χ3v) is 3.66. The van der Waals surface area contributed by atoms with Gasteiger partial charge in [0, 0.05) is 24.0 Å². The second-order valence-electron chi connectivity index (χ2n) is 5.18. The van der Waals surface area contributed by atoms with Gasteiger partial charge in [-0.2, -0.15) is 0 Å². The van der Waals surface area contributed by atoms with Gasteiger partial charge in [-0.1, -0.05) is 25.1 Å². The van der Waals surface area contributed by atoms with Crippen LogP contribution in [0.15, 0.2) is 42.5 Å². The molecular formula is C17H23N3. The molecule has 0 spiro atoms. The van der Waals surface area contributed by atoms with E-state index in [0.29, 0.717) is 6.04 Å². The summed E-state index contributed by atoms with van der Waals surface area (Å²) in [5, 5.41) is 0. The highest BCUT2D eigenvalue weighted by atomic mass is 15.2. The van der Waals surface area contributed by atoms with Crippen LogP contribution in [0, 0.1) is 6.92 Å². The molecule has 3 nitrogen and oxygen atoms in total. The summed E-state index contributed by atoms with van der Waals surface area (Å²) in [6.45, 7) is 8.26. The Labute approximate surface area is 121 Å². The fourth-order valence-electron chi connectivity index (χ4n) is 2.45. The number of benzene rings is 1. The van der Waals surface area contributed by atoms with Crippen LogP contribution in [0.3, 0.4) is 0 Å². The zero-order chi connectivity index (χ0) is 14.5. The minimum Gasteiger partial charge on any atom is -0.399 e. The molecule has 0 aliphatic heterocycles. The van der Waals surface area contributed by atoms with Crippen molar-refractivity contribution in [2.75, 3.05) is 12.3 Å². The molecule has 0 fully saturated rings. The first-order chi connectivity index (χ1) is 9.60. The van der Waals surface area contributed by atoms with Crippen molar-refractivity contribution in [1.29, 1.82) is 0 Å². The first-order valence-electron chi connectivity index (χ1n) is 7.12. The summed E-state index contributed by atoms with van der Waals surface area (Å²) in [6, 6.07) is 14.6. The van der Waals surface area contributed by atoms with Gasteiger partial charge in [-0.05, 0) is 50.2 Å². The van der Waals surface area contributed by atoms with Crippen molar-refractivity contribution in [2.24, 2.45) is 0 Å². The van der Waals surface area contributed by atoms with Gasteiger partial charge in [-0.15, -0.1) is 0 Å². The molecule has 20 heavy (non-hydrogen) atoms. The van der Waals surface area contributed by atoms with Crippen LogP contribution in [-0.4, -0.2) is 16.4 Å². The van der Waals surface area contributed by atoms with E-state index in [2.05, 4.69) is 48.0 Å². The number of nitrogens with two attached hydrogens (primary N) is 1. The molecule has 3 heteroatoms. The van der Waals surface area contributed by atoms with E-state index in [1.807, 2.05) is 25.1 Å². The highest BCUT2D eigenvalue weighted by Crippen LogP contribution is 2.23. The Morgan fingerprint density at radius 1 is 1.20 bits per heavy atom. The number of hydrogen-bond acceptors (Lipinski definition) is 3. The standard InChI is InChI=1S/C17H23N3/c1-4-20(12-17-10-5-7-13(2)19-17)14(3)15-8-6-9-16(18)11-15/h5-11,14H,4,12,18H2,1-3H3. The first kappa shape index (κ1) is 14.5. The number of aromatic nitrogens is 1. The minimum absolute atomic E-state index is 0.325. The maximum absolute atomic E-state index is 5.88. The lowest BCUT2D eigenvalue weighted by Gasteiger charge is -2.28. The van der Waals surface area contributed by atoms with Crippen LogP contribution < -0.4 is 5.73 Å². The summed E-state index contributed by atoms with van der Waals surface area (Å²) in [5.74, 6) is 0. The normalized spacial score (nSPS) is 12.6. The maximum Gasteiger partial charge on any atom is 0.0547 e. The van der Waals surface area contributed by atoms with Gasteiger partial charge in [0.15, 0.2) is 0 Å². The number of rotatable bonds is 5. The number of nitrogen functional groups attached to an aromatic ring is 1. The molecule has 0 aliphatic rings. The molecule has 1 unspecified atom stereocenters. The van der Waals surface area contributed by atoms with Crippen molar-refractivity contribution in [1.82, 2.24) is 9.88 Å². The van der Waals surface area contributed by atoms with Gasteiger partial charge in [-0.25, -0.2) is 0 Å². The molecule has 2 rings (SSSR count). The summed E-state index contributed by atoms with van der Waals surface area (Å²) in [5.41, 5.74) is 10.1. The Balaban J connectivity index is 2.15. The fourth-order valence-corrected chi connectivity index (χ4v) is 2.45. The second kappa shape index (κ2) is 6.53. The first-order valence-corrected chi connectivity index (χ1v) is 7.12. The molecule has 0 amide bonds. The number of anilines is 1. The van der Waals surface area contributed by atoms with Crippen molar-refractivity contribution >= 4 is 5.69 Å². The van der Waals surface area contributed by atoms with E-state index in [9.17, 15) is 0 Å². The summed E-state index contributed by atoms with van der Waals surface area (Å²) >= 11 is 0. The van der Waals surface area contributed by atoms with Crippen LogP contribution in [0.1, 0.15) is 36.8 Å². The van der Waals surface area contributed by atoms with Crippen molar-refractivity contribution < 1.29 is 0 Å². The van der Waals surface area contributed by atoms with Gasteiger partial charge >= 0.3 is 0 Å². The zero-order valence-electron chi connectivity index (χ0n) is 12.5. The van der Waals surface area contributed by atoms with Crippen molar-refractivity contribution in [3.8, 4) is 0 Å². The molecule has 1 atom stereocenters. The fraction of sp³-hybridized carbons (Fsp3) is 0.353. The number of hydrogen-bond donors (Lipinski definition) is 1. The van der Waals surface area contributed by atoms with Crippen LogP contribution in [0.4, 0.5) is 5.69 Å². The van der Waals surface area contributed by atoms with E-state index in [-0.39, 0.29) is 0 Å². The SMILES string of the molecule is CCN(Cc1cccc(C)n1)C(C)c1cccc(N)c1. The second-order valence-corrected chi connectivity index (χ2v) is 5.18. The molecule has 0 aliphatic carbocycles. The predicted octanol–water partition coefficient (Wildman–Crippen LogP) is 3.56. The van der Waals surface area contributed by atoms with E-state index >= 15 is 0 Å². The van der Waals surface area contributed by atoms with E-state index in [0.717, 1.165) is 30.2 Å². The van der Waals surface area contributed by atoms with E-state index in [1.54, 1.807) is 0 Å². The molecule has 2 aromatic rings. The predicted molar refractivity (Wildman–Crippen MR) is 84.3 cm³/mol. The third kappa shape index (κ3) is 3.58. The third-order valence-electron chi connectivity index (χ3n) is 3.66. The quantitative estimate of drug-likeness (QED) is 0.844. The Bertz CT molecular complexity index is 566. The van der Waals surface area contributed by atoms with E-state index in [1.165, 1.54) is 5.56 Å². The topological polar surface area (TPSA) is 42.2 Å². The van der Waals surface area contributed by atoms with Gasteiger partial charge in [0.25, 0.3) is 0 Å². The Morgan fingerprint density at radius 3 is 2.60 bits per heavy atom. The molecule has 106 valence electrons. The lowest BCUT2D eigenvalue weighted by atomic mass is 10.1. The number of pyridine rings is 1. The van der Waals surface area contributed by atoms with Gasteiger partial charge < -0.3 is 5.73 Å². The van der Waals surface area contributed by atoms with E-state index < -0.39 is 0 Å². The number of nitrogens with zero attached hydrogens (tertiary/aromatic N) is 2. The smallest absolute Gasteiger partial charge is 0.0547 e. The molecular weight excluding hydrogens is 246 g/mol. The average molecular weight is 269 g/mol. The molecule has 1 heterocycles. The largest absolute Gasteiger partial charge is 0.399 e.